The lowest BCUT2D eigenvalue weighted by Crippen LogP contribution is -2.25. The summed E-state index contributed by atoms with van der Waals surface area (Å²) in [6.45, 7) is 4.50. The van der Waals surface area contributed by atoms with Gasteiger partial charge in [0.2, 0.25) is 0 Å². The van der Waals surface area contributed by atoms with E-state index in [0.717, 1.165) is 5.06 Å². The Morgan fingerprint density at radius 1 is 1.37 bits per heavy atom. The van der Waals surface area contributed by atoms with Crippen LogP contribution in [0.3, 0.4) is 0 Å². The van der Waals surface area contributed by atoms with E-state index in [0.29, 0.717) is 29.4 Å². The van der Waals surface area contributed by atoms with E-state index in [-0.39, 0.29) is 12.5 Å². The van der Waals surface area contributed by atoms with Gasteiger partial charge in [-0.25, -0.2) is 5.06 Å². The smallest absolute Gasteiger partial charge is 0.277 e. The van der Waals surface area contributed by atoms with E-state index < -0.39 is 0 Å². The lowest BCUT2D eigenvalue weighted by Gasteiger charge is -2.16. The molecule has 0 aliphatic carbocycles. The molecule has 0 atom stereocenters. The summed E-state index contributed by atoms with van der Waals surface area (Å²) in [7, 11) is 2.95. The van der Waals surface area contributed by atoms with E-state index in [1.807, 2.05) is 13.8 Å². The number of aliphatic hydroxyl groups is 1. The number of carbonyl (C=O) groups is 1. The molecule has 0 aliphatic heterocycles. The summed E-state index contributed by atoms with van der Waals surface area (Å²) in [6, 6.07) is 5.01. The molecular formula is C14H21NO4. The maximum absolute atomic E-state index is 12.0. The van der Waals surface area contributed by atoms with Crippen LogP contribution in [-0.4, -0.2) is 36.8 Å². The SMILES string of the molecule is CON(C)C(=O)c1cc(CO)cc(OCC(C)C)c1. The number of hydrogen-bond acceptors (Lipinski definition) is 4. The van der Waals surface area contributed by atoms with Crippen molar-refractivity contribution in [1.82, 2.24) is 5.06 Å². The van der Waals surface area contributed by atoms with Gasteiger partial charge in [-0.3, -0.25) is 9.63 Å². The van der Waals surface area contributed by atoms with Crippen molar-refractivity contribution in [2.45, 2.75) is 20.5 Å². The molecule has 0 aromatic heterocycles. The fraction of sp³-hybridized carbons (Fsp3) is 0.500. The van der Waals surface area contributed by atoms with Crippen LogP contribution in [0.4, 0.5) is 0 Å². The van der Waals surface area contributed by atoms with E-state index in [2.05, 4.69) is 0 Å². The maximum atomic E-state index is 12.0. The first-order valence-corrected chi connectivity index (χ1v) is 6.17. The van der Waals surface area contributed by atoms with Crippen LogP contribution in [0.15, 0.2) is 18.2 Å². The Morgan fingerprint density at radius 3 is 2.58 bits per heavy atom. The molecule has 0 heterocycles. The molecule has 1 aromatic carbocycles. The number of rotatable bonds is 6. The summed E-state index contributed by atoms with van der Waals surface area (Å²) in [4.78, 5) is 16.9. The molecule has 19 heavy (non-hydrogen) atoms. The van der Waals surface area contributed by atoms with E-state index in [1.54, 1.807) is 18.2 Å². The highest BCUT2D eigenvalue weighted by Gasteiger charge is 2.14. The minimum absolute atomic E-state index is 0.143. The summed E-state index contributed by atoms with van der Waals surface area (Å²) in [5, 5.41) is 10.4. The highest BCUT2D eigenvalue weighted by Crippen LogP contribution is 2.19. The summed E-state index contributed by atoms with van der Waals surface area (Å²) in [5.41, 5.74) is 1.06. The molecule has 5 nitrogen and oxygen atoms in total. The van der Waals surface area contributed by atoms with Gasteiger partial charge in [0.1, 0.15) is 5.75 Å². The molecule has 0 fully saturated rings. The summed E-state index contributed by atoms with van der Waals surface area (Å²) in [6.07, 6.45) is 0. The van der Waals surface area contributed by atoms with Crippen molar-refractivity contribution >= 4 is 5.91 Å². The number of hydrogen-bond donors (Lipinski definition) is 1. The van der Waals surface area contributed by atoms with Gasteiger partial charge in [-0.2, -0.15) is 0 Å². The van der Waals surface area contributed by atoms with Crippen LogP contribution in [-0.2, 0) is 11.4 Å². The monoisotopic (exact) mass is 267 g/mol. The molecule has 0 unspecified atom stereocenters. The number of benzene rings is 1. The lowest BCUT2D eigenvalue weighted by atomic mass is 10.1. The number of carbonyl (C=O) groups excluding carboxylic acids is 1. The Balaban J connectivity index is 2.98. The fourth-order valence-corrected chi connectivity index (χ4v) is 1.49. The first-order valence-electron chi connectivity index (χ1n) is 6.17. The van der Waals surface area contributed by atoms with Crippen molar-refractivity contribution in [1.29, 1.82) is 0 Å². The topological polar surface area (TPSA) is 59.0 Å². The molecular weight excluding hydrogens is 246 g/mol. The van der Waals surface area contributed by atoms with Gasteiger partial charge in [0.25, 0.3) is 5.91 Å². The Labute approximate surface area is 113 Å². The third-order valence-corrected chi connectivity index (χ3v) is 2.54. The molecule has 5 heteroatoms. The van der Waals surface area contributed by atoms with E-state index in [1.165, 1.54) is 14.2 Å². The van der Waals surface area contributed by atoms with Crippen LogP contribution in [0, 0.1) is 5.92 Å². The van der Waals surface area contributed by atoms with E-state index in [4.69, 9.17) is 9.57 Å². The summed E-state index contributed by atoms with van der Waals surface area (Å²) >= 11 is 0. The molecule has 106 valence electrons. The number of hydroxylamine groups is 2. The highest BCUT2D eigenvalue weighted by molar-refractivity contribution is 5.94. The van der Waals surface area contributed by atoms with Gasteiger partial charge >= 0.3 is 0 Å². The first kappa shape index (κ1) is 15.5. The molecule has 0 aliphatic rings. The summed E-state index contributed by atoms with van der Waals surface area (Å²) in [5.74, 6) is 0.680. The standard InChI is InChI=1S/C14H21NO4/c1-10(2)9-19-13-6-11(8-16)5-12(7-13)14(17)15(3)18-4/h5-7,10,16H,8-9H2,1-4H3. The van der Waals surface area contributed by atoms with Gasteiger partial charge in [-0.1, -0.05) is 13.8 Å². The molecule has 1 N–H and O–H groups in total. The van der Waals surface area contributed by atoms with Gasteiger partial charge in [0, 0.05) is 12.6 Å². The molecule has 0 bridgehead atoms. The number of ether oxygens (including phenoxy) is 1. The molecule has 0 saturated heterocycles. The Hall–Kier alpha value is -1.59. The Bertz CT molecular complexity index is 431. The molecule has 0 saturated carbocycles. The molecule has 1 amide bonds. The van der Waals surface area contributed by atoms with Crippen LogP contribution in [0.1, 0.15) is 29.8 Å². The third kappa shape index (κ3) is 4.54. The second-order valence-corrected chi connectivity index (χ2v) is 4.71. The van der Waals surface area contributed by atoms with Crippen molar-refractivity contribution in [2.24, 2.45) is 5.92 Å². The highest BCUT2D eigenvalue weighted by atomic mass is 16.7. The fourth-order valence-electron chi connectivity index (χ4n) is 1.49. The minimum atomic E-state index is -0.285. The minimum Gasteiger partial charge on any atom is -0.493 e. The van der Waals surface area contributed by atoms with Crippen molar-refractivity contribution in [3.05, 3.63) is 29.3 Å². The van der Waals surface area contributed by atoms with Gasteiger partial charge in [0.05, 0.1) is 20.3 Å². The van der Waals surface area contributed by atoms with Crippen molar-refractivity contribution in [3.63, 3.8) is 0 Å². The van der Waals surface area contributed by atoms with Gasteiger partial charge < -0.3 is 9.84 Å². The summed E-state index contributed by atoms with van der Waals surface area (Å²) < 4.78 is 5.59. The third-order valence-electron chi connectivity index (χ3n) is 2.54. The zero-order valence-corrected chi connectivity index (χ0v) is 11.8. The average Bonchev–Trinajstić information content (AvgIpc) is 2.42. The van der Waals surface area contributed by atoms with Gasteiger partial charge in [-0.05, 0) is 29.7 Å². The average molecular weight is 267 g/mol. The van der Waals surface area contributed by atoms with Gasteiger partial charge in [0.15, 0.2) is 0 Å². The van der Waals surface area contributed by atoms with E-state index >= 15 is 0 Å². The predicted octanol–water partition coefficient (Wildman–Crippen LogP) is 1.85. The van der Waals surface area contributed by atoms with Crippen LogP contribution in [0.25, 0.3) is 0 Å². The number of aliphatic hydroxyl groups excluding tert-OH is 1. The molecule has 1 aromatic rings. The zero-order chi connectivity index (χ0) is 14.4. The van der Waals surface area contributed by atoms with Crippen LogP contribution in [0.5, 0.6) is 5.75 Å². The maximum Gasteiger partial charge on any atom is 0.277 e. The number of amides is 1. The number of nitrogens with zero attached hydrogens (tertiary/aromatic N) is 1. The Kier molecular flexibility index (Phi) is 5.79. The largest absolute Gasteiger partial charge is 0.493 e. The zero-order valence-electron chi connectivity index (χ0n) is 11.8. The lowest BCUT2D eigenvalue weighted by molar-refractivity contribution is -0.0757. The van der Waals surface area contributed by atoms with Crippen molar-refractivity contribution < 1.29 is 19.5 Å². The predicted molar refractivity (Wildman–Crippen MR) is 71.8 cm³/mol. The molecule has 1 rings (SSSR count). The van der Waals surface area contributed by atoms with Crippen molar-refractivity contribution in [2.75, 3.05) is 20.8 Å². The van der Waals surface area contributed by atoms with Gasteiger partial charge in [-0.15, -0.1) is 0 Å². The van der Waals surface area contributed by atoms with Crippen molar-refractivity contribution in [3.8, 4) is 5.75 Å². The Morgan fingerprint density at radius 2 is 2.05 bits per heavy atom. The first-order chi connectivity index (χ1) is 8.97. The molecule has 0 radical (unpaired) electrons. The molecule has 0 spiro atoms. The quantitative estimate of drug-likeness (QED) is 0.799. The van der Waals surface area contributed by atoms with Crippen LogP contribution >= 0.6 is 0 Å². The second-order valence-electron chi connectivity index (χ2n) is 4.71. The second kappa shape index (κ2) is 7.11. The van der Waals surface area contributed by atoms with Crippen LogP contribution < -0.4 is 4.74 Å². The normalized spacial score (nSPS) is 10.6. The van der Waals surface area contributed by atoms with E-state index in [9.17, 15) is 9.90 Å². The van der Waals surface area contributed by atoms with Crippen LogP contribution in [0.2, 0.25) is 0 Å².